The lowest BCUT2D eigenvalue weighted by Gasteiger charge is -2.38. The standard InChI is InChI=1S/C14H18ClN3OS/c1-14(12(16)20)6-8-18(9-7-14)13(19)17-11-4-2-10(15)3-5-11/h2-5H,6-9H2,1H3,(H2,16,20)(H,17,19). The monoisotopic (exact) mass is 311 g/mol. The zero-order chi connectivity index (χ0) is 14.8. The second-order valence-electron chi connectivity index (χ2n) is 5.35. The molecule has 1 aromatic rings. The van der Waals surface area contributed by atoms with E-state index in [1.165, 1.54) is 0 Å². The van der Waals surface area contributed by atoms with Gasteiger partial charge in [-0.1, -0.05) is 30.7 Å². The quantitative estimate of drug-likeness (QED) is 0.824. The van der Waals surface area contributed by atoms with Crippen molar-refractivity contribution in [3.05, 3.63) is 29.3 Å². The van der Waals surface area contributed by atoms with Crippen LogP contribution in [-0.2, 0) is 0 Å². The van der Waals surface area contributed by atoms with E-state index >= 15 is 0 Å². The molecule has 0 saturated carbocycles. The molecule has 20 heavy (non-hydrogen) atoms. The van der Waals surface area contributed by atoms with Gasteiger partial charge >= 0.3 is 6.03 Å². The van der Waals surface area contributed by atoms with Crippen molar-refractivity contribution in [3.63, 3.8) is 0 Å². The third kappa shape index (κ3) is 3.41. The van der Waals surface area contributed by atoms with Gasteiger partial charge in [0.05, 0.1) is 4.99 Å². The van der Waals surface area contributed by atoms with Gasteiger partial charge in [-0.3, -0.25) is 0 Å². The molecule has 108 valence electrons. The van der Waals surface area contributed by atoms with Crippen molar-refractivity contribution in [1.82, 2.24) is 4.90 Å². The van der Waals surface area contributed by atoms with Crippen LogP contribution in [0, 0.1) is 5.41 Å². The highest BCUT2D eigenvalue weighted by atomic mass is 35.5. The Balaban J connectivity index is 1.92. The summed E-state index contributed by atoms with van der Waals surface area (Å²) in [6.07, 6.45) is 1.60. The van der Waals surface area contributed by atoms with Gasteiger partial charge in [0, 0.05) is 29.2 Å². The largest absolute Gasteiger partial charge is 0.393 e. The van der Waals surface area contributed by atoms with Crippen LogP contribution in [0.25, 0.3) is 0 Å². The van der Waals surface area contributed by atoms with Gasteiger partial charge in [-0.25, -0.2) is 4.79 Å². The third-order valence-corrected chi connectivity index (χ3v) is 4.59. The first-order valence-corrected chi connectivity index (χ1v) is 7.31. The molecule has 0 spiro atoms. The summed E-state index contributed by atoms with van der Waals surface area (Å²) in [6, 6.07) is 6.96. The number of carbonyl (C=O) groups excluding carboxylic acids is 1. The molecule has 1 aliphatic rings. The maximum Gasteiger partial charge on any atom is 0.321 e. The van der Waals surface area contributed by atoms with E-state index in [2.05, 4.69) is 12.2 Å². The molecule has 1 heterocycles. The van der Waals surface area contributed by atoms with Gasteiger partial charge in [0.25, 0.3) is 0 Å². The molecule has 3 N–H and O–H groups in total. The summed E-state index contributed by atoms with van der Waals surface area (Å²) in [5.41, 5.74) is 6.37. The van der Waals surface area contributed by atoms with Crippen molar-refractivity contribution < 1.29 is 4.79 Å². The Morgan fingerprint density at radius 2 is 1.90 bits per heavy atom. The minimum atomic E-state index is -0.133. The molecule has 4 nitrogen and oxygen atoms in total. The number of halogens is 1. The summed E-state index contributed by atoms with van der Waals surface area (Å²) >= 11 is 10.9. The Morgan fingerprint density at radius 3 is 2.40 bits per heavy atom. The van der Waals surface area contributed by atoms with Gasteiger partial charge in [-0.05, 0) is 37.1 Å². The molecular formula is C14H18ClN3OS. The zero-order valence-electron chi connectivity index (χ0n) is 11.4. The summed E-state index contributed by atoms with van der Waals surface area (Å²) in [5, 5.41) is 3.51. The second-order valence-corrected chi connectivity index (χ2v) is 6.23. The van der Waals surface area contributed by atoms with Gasteiger partial charge in [-0.2, -0.15) is 0 Å². The van der Waals surface area contributed by atoms with E-state index in [9.17, 15) is 4.79 Å². The van der Waals surface area contributed by atoms with Crippen molar-refractivity contribution in [2.24, 2.45) is 11.1 Å². The van der Waals surface area contributed by atoms with Crippen LogP contribution in [0.15, 0.2) is 24.3 Å². The number of rotatable bonds is 2. The van der Waals surface area contributed by atoms with Crippen molar-refractivity contribution in [2.75, 3.05) is 18.4 Å². The number of carbonyl (C=O) groups is 1. The number of nitrogens with zero attached hydrogens (tertiary/aromatic N) is 1. The molecule has 0 aliphatic carbocycles. The molecule has 2 amide bonds. The van der Waals surface area contributed by atoms with Crippen LogP contribution in [0.5, 0.6) is 0 Å². The van der Waals surface area contributed by atoms with Gasteiger partial charge in [0.2, 0.25) is 0 Å². The lowest BCUT2D eigenvalue weighted by Crippen LogP contribution is -2.47. The van der Waals surface area contributed by atoms with Crippen LogP contribution < -0.4 is 11.1 Å². The Bertz CT molecular complexity index is 510. The van der Waals surface area contributed by atoms with Crippen molar-refractivity contribution in [2.45, 2.75) is 19.8 Å². The van der Waals surface area contributed by atoms with E-state index in [1.807, 2.05) is 0 Å². The molecular weight excluding hydrogens is 294 g/mol. The molecule has 0 atom stereocenters. The first kappa shape index (κ1) is 15.1. The number of nitrogens with one attached hydrogen (secondary N) is 1. The maximum absolute atomic E-state index is 12.2. The Labute approximate surface area is 129 Å². The van der Waals surface area contributed by atoms with Crippen LogP contribution in [0.4, 0.5) is 10.5 Å². The fourth-order valence-electron chi connectivity index (χ4n) is 2.19. The number of nitrogens with two attached hydrogens (primary N) is 1. The number of anilines is 1. The van der Waals surface area contributed by atoms with Gasteiger partial charge in [0.15, 0.2) is 0 Å². The first-order valence-electron chi connectivity index (χ1n) is 6.52. The molecule has 1 aliphatic heterocycles. The third-order valence-electron chi connectivity index (χ3n) is 3.84. The zero-order valence-corrected chi connectivity index (χ0v) is 12.9. The number of thiocarbonyl (C=S) groups is 1. The Hall–Kier alpha value is -1.33. The Morgan fingerprint density at radius 1 is 1.35 bits per heavy atom. The number of hydrogen-bond donors (Lipinski definition) is 2. The minimum absolute atomic E-state index is 0.0997. The molecule has 0 aromatic heterocycles. The summed E-state index contributed by atoms with van der Waals surface area (Å²) < 4.78 is 0. The van der Waals surface area contributed by atoms with E-state index in [1.54, 1.807) is 29.2 Å². The van der Waals surface area contributed by atoms with Crippen molar-refractivity contribution in [3.8, 4) is 0 Å². The molecule has 0 radical (unpaired) electrons. The number of amides is 2. The number of hydrogen-bond acceptors (Lipinski definition) is 2. The van der Waals surface area contributed by atoms with Crippen LogP contribution in [-0.4, -0.2) is 29.0 Å². The number of piperidine rings is 1. The van der Waals surface area contributed by atoms with Gasteiger partial charge in [0.1, 0.15) is 0 Å². The van der Waals surface area contributed by atoms with Crippen molar-refractivity contribution in [1.29, 1.82) is 0 Å². The fourth-order valence-corrected chi connectivity index (χ4v) is 2.52. The van der Waals surface area contributed by atoms with E-state index < -0.39 is 0 Å². The van der Waals surface area contributed by atoms with E-state index in [4.69, 9.17) is 29.6 Å². The van der Waals surface area contributed by atoms with Gasteiger partial charge in [-0.15, -0.1) is 0 Å². The van der Waals surface area contributed by atoms with Gasteiger partial charge < -0.3 is 16.0 Å². The number of benzene rings is 1. The van der Waals surface area contributed by atoms with Crippen LogP contribution in [0.3, 0.4) is 0 Å². The Kier molecular flexibility index (Phi) is 4.50. The molecule has 0 bridgehead atoms. The van der Waals surface area contributed by atoms with E-state index in [0.717, 1.165) is 18.5 Å². The van der Waals surface area contributed by atoms with Crippen LogP contribution in [0.1, 0.15) is 19.8 Å². The number of urea groups is 1. The molecule has 1 saturated heterocycles. The second kappa shape index (κ2) is 5.97. The fraction of sp³-hybridized carbons (Fsp3) is 0.429. The lowest BCUT2D eigenvalue weighted by atomic mass is 9.80. The summed E-state index contributed by atoms with van der Waals surface area (Å²) in [4.78, 5) is 14.5. The summed E-state index contributed by atoms with van der Waals surface area (Å²) in [6.45, 7) is 3.38. The van der Waals surface area contributed by atoms with E-state index in [-0.39, 0.29) is 11.4 Å². The highest BCUT2D eigenvalue weighted by Crippen LogP contribution is 2.31. The molecule has 6 heteroatoms. The topological polar surface area (TPSA) is 58.4 Å². The predicted molar refractivity (Wildman–Crippen MR) is 86.2 cm³/mol. The SMILES string of the molecule is CC1(C(N)=S)CCN(C(=O)Nc2ccc(Cl)cc2)CC1. The number of likely N-dealkylation sites (tertiary alicyclic amines) is 1. The van der Waals surface area contributed by atoms with Crippen molar-refractivity contribution >= 4 is 40.5 Å². The average Bonchev–Trinajstić information content (AvgIpc) is 2.42. The average molecular weight is 312 g/mol. The van der Waals surface area contributed by atoms with Crippen LogP contribution in [0.2, 0.25) is 5.02 Å². The highest BCUT2D eigenvalue weighted by molar-refractivity contribution is 7.80. The molecule has 1 aromatic carbocycles. The molecule has 1 fully saturated rings. The summed E-state index contributed by atoms with van der Waals surface area (Å²) in [5.74, 6) is 0. The molecule has 2 rings (SSSR count). The van der Waals surface area contributed by atoms with E-state index in [0.29, 0.717) is 23.1 Å². The summed E-state index contributed by atoms with van der Waals surface area (Å²) in [7, 11) is 0. The highest BCUT2D eigenvalue weighted by Gasteiger charge is 2.34. The lowest BCUT2D eigenvalue weighted by molar-refractivity contribution is 0.171. The normalized spacial score (nSPS) is 17.6. The minimum Gasteiger partial charge on any atom is -0.393 e. The first-order chi connectivity index (χ1) is 9.40. The molecule has 0 unspecified atom stereocenters. The predicted octanol–water partition coefficient (Wildman–Crippen LogP) is 3.26. The smallest absolute Gasteiger partial charge is 0.321 e. The van der Waals surface area contributed by atoms with Crippen LogP contribution >= 0.6 is 23.8 Å². The maximum atomic E-state index is 12.2.